The second kappa shape index (κ2) is 8.97. The van der Waals surface area contributed by atoms with Gasteiger partial charge in [-0.15, -0.1) is 0 Å². The number of nitrogens with zero attached hydrogens (tertiary/aromatic N) is 1. The molecule has 0 fully saturated rings. The zero-order valence-corrected chi connectivity index (χ0v) is 8.25. The lowest BCUT2D eigenvalue weighted by Crippen LogP contribution is -2.30. The molecule has 0 aliphatic carbocycles. The molecule has 0 saturated heterocycles. The number of hydrogen-bond acceptors (Lipinski definition) is 3. The fourth-order valence-electron chi connectivity index (χ4n) is 1.01. The molecule has 0 aromatic heterocycles. The monoisotopic (exact) mass is 175 g/mol. The van der Waals surface area contributed by atoms with Gasteiger partial charge in [0, 0.05) is 19.7 Å². The molecule has 0 atom stereocenters. The molecular formula is C9H21NO2. The molecule has 0 saturated carbocycles. The smallest absolute Gasteiger partial charge is 0.0593 e. The highest BCUT2D eigenvalue weighted by atomic mass is 16.5. The number of aliphatic hydroxyl groups excluding tert-OH is 1. The standard InChI is InChI=1S/C9H21NO2/c1-3-8-12-9-6-10(4-2)5-7-11/h11H,3-9H2,1-2H3. The Hall–Kier alpha value is -0.120. The number of aliphatic hydroxyl groups is 1. The van der Waals surface area contributed by atoms with Crippen LogP contribution < -0.4 is 0 Å². The Kier molecular flexibility index (Phi) is 8.88. The summed E-state index contributed by atoms with van der Waals surface area (Å²) in [5.41, 5.74) is 0. The Morgan fingerprint density at radius 2 is 1.92 bits per heavy atom. The van der Waals surface area contributed by atoms with Crippen molar-refractivity contribution in [1.82, 2.24) is 4.90 Å². The normalized spacial score (nSPS) is 11.0. The quantitative estimate of drug-likeness (QED) is 0.552. The third kappa shape index (κ3) is 6.58. The van der Waals surface area contributed by atoms with Crippen molar-refractivity contribution >= 4 is 0 Å². The average molecular weight is 175 g/mol. The van der Waals surface area contributed by atoms with Crippen molar-refractivity contribution in [3.8, 4) is 0 Å². The summed E-state index contributed by atoms with van der Waals surface area (Å²) in [5, 5.41) is 8.69. The van der Waals surface area contributed by atoms with Gasteiger partial charge in [-0.3, -0.25) is 4.90 Å². The summed E-state index contributed by atoms with van der Waals surface area (Å²) >= 11 is 0. The largest absolute Gasteiger partial charge is 0.395 e. The number of hydrogen-bond donors (Lipinski definition) is 1. The van der Waals surface area contributed by atoms with Gasteiger partial charge in [0.25, 0.3) is 0 Å². The summed E-state index contributed by atoms with van der Waals surface area (Å²) in [4.78, 5) is 2.18. The first-order valence-electron chi connectivity index (χ1n) is 4.76. The van der Waals surface area contributed by atoms with Crippen LogP contribution in [-0.4, -0.2) is 49.5 Å². The van der Waals surface area contributed by atoms with Gasteiger partial charge in [0.2, 0.25) is 0 Å². The Morgan fingerprint density at radius 1 is 1.17 bits per heavy atom. The van der Waals surface area contributed by atoms with Crippen molar-refractivity contribution in [3.63, 3.8) is 0 Å². The van der Waals surface area contributed by atoms with Crippen LogP contribution in [0.5, 0.6) is 0 Å². The van der Waals surface area contributed by atoms with Gasteiger partial charge >= 0.3 is 0 Å². The van der Waals surface area contributed by atoms with E-state index in [1.54, 1.807) is 0 Å². The summed E-state index contributed by atoms with van der Waals surface area (Å²) in [6, 6.07) is 0. The molecule has 74 valence electrons. The molecule has 0 aliphatic rings. The molecule has 1 N–H and O–H groups in total. The van der Waals surface area contributed by atoms with Gasteiger partial charge in [-0.1, -0.05) is 13.8 Å². The average Bonchev–Trinajstić information content (AvgIpc) is 2.10. The van der Waals surface area contributed by atoms with Crippen LogP contribution in [0.3, 0.4) is 0 Å². The maximum atomic E-state index is 8.69. The van der Waals surface area contributed by atoms with E-state index in [0.717, 1.165) is 39.3 Å². The molecule has 3 heteroatoms. The fraction of sp³-hybridized carbons (Fsp3) is 1.00. The number of ether oxygens (including phenoxy) is 1. The third-order valence-electron chi connectivity index (χ3n) is 1.76. The van der Waals surface area contributed by atoms with Gasteiger partial charge in [0.1, 0.15) is 0 Å². The molecule has 12 heavy (non-hydrogen) atoms. The summed E-state index contributed by atoms with van der Waals surface area (Å²) in [6.45, 7) is 8.72. The summed E-state index contributed by atoms with van der Waals surface area (Å²) in [6.07, 6.45) is 1.08. The molecule has 0 unspecified atom stereocenters. The van der Waals surface area contributed by atoms with E-state index in [1.165, 1.54) is 0 Å². The van der Waals surface area contributed by atoms with Crippen molar-refractivity contribution in [1.29, 1.82) is 0 Å². The van der Waals surface area contributed by atoms with Crippen molar-refractivity contribution in [3.05, 3.63) is 0 Å². The van der Waals surface area contributed by atoms with Crippen molar-refractivity contribution in [2.24, 2.45) is 0 Å². The van der Waals surface area contributed by atoms with Gasteiger partial charge in [0.05, 0.1) is 13.2 Å². The lowest BCUT2D eigenvalue weighted by Gasteiger charge is -2.18. The van der Waals surface area contributed by atoms with Gasteiger partial charge in [-0.25, -0.2) is 0 Å². The summed E-state index contributed by atoms with van der Waals surface area (Å²) < 4.78 is 5.34. The lowest BCUT2D eigenvalue weighted by molar-refractivity contribution is 0.0981. The van der Waals surface area contributed by atoms with Gasteiger partial charge in [0.15, 0.2) is 0 Å². The minimum absolute atomic E-state index is 0.238. The van der Waals surface area contributed by atoms with Crippen LogP contribution in [0.4, 0.5) is 0 Å². The highest BCUT2D eigenvalue weighted by Crippen LogP contribution is 1.88. The van der Waals surface area contributed by atoms with Crippen LogP contribution in [-0.2, 0) is 4.74 Å². The topological polar surface area (TPSA) is 32.7 Å². The van der Waals surface area contributed by atoms with E-state index < -0.39 is 0 Å². The molecule has 0 rings (SSSR count). The Bertz CT molecular complexity index is 88.6. The predicted octanol–water partition coefficient (Wildman–Crippen LogP) is 0.727. The van der Waals surface area contributed by atoms with E-state index in [2.05, 4.69) is 18.7 Å². The van der Waals surface area contributed by atoms with E-state index in [-0.39, 0.29) is 6.61 Å². The maximum absolute atomic E-state index is 8.69. The molecule has 0 radical (unpaired) electrons. The molecule has 3 nitrogen and oxygen atoms in total. The summed E-state index contributed by atoms with van der Waals surface area (Å²) in [5.74, 6) is 0. The Labute approximate surface area is 75.3 Å². The van der Waals surface area contributed by atoms with Crippen molar-refractivity contribution in [2.45, 2.75) is 20.3 Å². The number of rotatable bonds is 8. The van der Waals surface area contributed by atoms with Crippen LogP contribution in [0.15, 0.2) is 0 Å². The zero-order valence-electron chi connectivity index (χ0n) is 8.25. The first kappa shape index (κ1) is 11.9. The van der Waals surface area contributed by atoms with E-state index in [9.17, 15) is 0 Å². The highest BCUT2D eigenvalue weighted by molar-refractivity contribution is 4.52. The molecule has 0 aromatic carbocycles. The molecular weight excluding hydrogens is 154 g/mol. The maximum Gasteiger partial charge on any atom is 0.0593 e. The minimum Gasteiger partial charge on any atom is -0.395 e. The number of likely N-dealkylation sites (N-methyl/N-ethyl adjacent to an activating group) is 1. The van der Waals surface area contributed by atoms with Gasteiger partial charge in [-0.05, 0) is 13.0 Å². The van der Waals surface area contributed by atoms with E-state index in [4.69, 9.17) is 9.84 Å². The van der Waals surface area contributed by atoms with E-state index in [1.807, 2.05) is 0 Å². The molecule has 0 aliphatic heterocycles. The van der Waals surface area contributed by atoms with Gasteiger partial charge in [-0.2, -0.15) is 0 Å². The van der Waals surface area contributed by atoms with Gasteiger partial charge < -0.3 is 9.84 Å². The lowest BCUT2D eigenvalue weighted by atomic mass is 10.4. The fourth-order valence-corrected chi connectivity index (χ4v) is 1.01. The first-order chi connectivity index (χ1) is 5.85. The SMILES string of the molecule is CCCOCCN(CC)CCO. The van der Waals surface area contributed by atoms with Crippen LogP contribution in [0.25, 0.3) is 0 Å². The van der Waals surface area contributed by atoms with E-state index >= 15 is 0 Å². The molecule has 0 heterocycles. The Balaban J connectivity index is 3.19. The first-order valence-corrected chi connectivity index (χ1v) is 4.76. The third-order valence-corrected chi connectivity index (χ3v) is 1.76. The van der Waals surface area contributed by atoms with Crippen molar-refractivity contribution < 1.29 is 9.84 Å². The molecule has 0 amide bonds. The Morgan fingerprint density at radius 3 is 2.42 bits per heavy atom. The molecule has 0 spiro atoms. The second-order valence-corrected chi connectivity index (χ2v) is 2.77. The zero-order chi connectivity index (χ0) is 9.23. The summed E-state index contributed by atoms with van der Waals surface area (Å²) in [7, 11) is 0. The van der Waals surface area contributed by atoms with Crippen molar-refractivity contribution in [2.75, 3.05) is 39.5 Å². The van der Waals surface area contributed by atoms with Crippen LogP contribution in [0.2, 0.25) is 0 Å². The van der Waals surface area contributed by atoms with Crippen LogP contribution in [0, 0.1) is 0 Å². The molecule has 0 aromatic rings. The van der Waals surface area contributed by atoms with Crippen LogP contribution >= 0.6 is 0 Å². The molecule has 0 bridgehead atoms. The predicted molar refractivity (Wildman–Crippen MR) is 50.3 cm³/mol. The van der Waals surface area contributed by atoms with Crippen LogP contribution in [0.1, 0.15) is 20.3 Å². The highest BCUT2D eigenvalue weighted by Gasteiger charge is 1.99. The minimum atomic E-state index is 0.238. The van der Waals surface area contributed by atoms with E-state index in [0.29, 0.717) is 0 Å². The second-order valence-electron chi connectivity index (χ2n) is 2.77.